The fourth-order valence-electron chi connectivity index (χ4n) is 1.42. The number of nitrogens with one attached hydrogen (secondary N) is 1. The van der Waals surface area contributed by atoms with Gasteiger partial charge in [-0.25, -0.2) is 9.67 Å². The summed E-state index contributed by atoms with van der Waals surface area (Å²) in [6.45, 7) is 1.49. The van der Waals surface area contributed by atoms with Gasteiger partial charge in [0.2, 0.25) is 0 Å². The Morgan fingerprint density at radius 3 is 2.80 bits per heavy atom. The third kappa shape index (κ3) is 2.63. The lowest BCUT2D eigenvalue weighted by Gasteiger charge is -1.99. The average molecular weight is 202 g/mol. The maximum absolute atomic E-state index is 4.34. The van der Waals surface area contributed by atoms with Crippen molar-refractivity contribution in [3.8, 4) is 0 Å². The summed E-state index contributed by atoms with van der Waals surface area (Å²) in [5.41, 5.74) is 1.23. The molecule has 4 heteroatoms. The molecule has 0 aliphatic heterocycles. The predicted molar refractivity (Wildman–Crippen MR) is 58.3 cm³/mol. The molecule has 0 spiro atoms. The number of hydrogen-bond donors (Lipinski definition) is 1. The van der Waals surface area contributed by atoms with E-state index in [4.69, 9.17) is 0 Å². The molecular formula is C11H14N4. The lowest BCUT2D eigenvalue weighted by Crippen LogP contribution is -2.08. The molecule has 1 aromatic heterocycles. The molecule has 1 N–H and O–H groups in total. The molecule has 0 amide bonds. The predicted octanol–water partition coefficient (Wildman–Crippen LogP) is 1.05. The summed E-state index contributed by atoms with van der Waals surface area (Å²) in [5.74, 6) is 0.827. The van der Waals surface area contributed by atoms with Gasteiger partial charge in [-0.05, 0) is 12.6 Å². The van der Waals surface area contributed by atoms with E-state index in [9.17, 15) is 0 Å². The first-order valence-electron chi connectivity index (χ1n) is 4.95. The molecule has 15 heavy (non-hydrogen) atoms. The Kier molecular flexibility index (Phi) is 3.09. The van der Waals surface area contributed by atoms with Gasteiger partial charge < -0.3 is 5.32 Å². The maximum Gasteiger partial charge on any atom is 0.164 e. The van der Waals surface area contributed by atoms with Crippen LogP contribution in [0.2, 0.25) is 0 Å². The number of nitrogens with zero attached hydrogens (tertiary/aromatic N) is 3. The highest BCUT2D eigenvalue weighted by Gasteiger charge is 1.99. The number of benzene rings is 1. The van der Waals surface area contributed by atoms with Crippen molar-refractivity contribution in [2.45, 2.75) is 13.1 Å². The topological polar surface area (TPSA) is 42.7 Å². The Hall–Kier alpha value is -1.68. The Bertz CT molecular complexity index is 408. The van der Waals surface area contributed by atoms with Crippen molar-refractivity contribution in [1.82, 2.24) is 20.1 Å². The van der Waals surface area contributed by atoms with Crippen LogP contribution in [0.25, 0.3) is 0 Å². The van der Waals surface area contributed by atoms with E-state index in [0.29, 0.717) is 6.54 Å². The van der Waals surface area contributed by atoms with Crippen LogP contribution in [0.5, 0.6) is 0 Å². The Labute approximate surface area is 89.0 Å². The molecule has 1 heterocycles. The number of hydrogen-bond acceptors (Lipinski definition) is 3. The van der Waals surface area contributed by atoms with E-state index >= 15 is 0 Å². The van der Waals surface area contributed by atoms with Crippen LogP contribution >= 0.6 is 0 Å². The van der Waals surface area contributed by atoms with Gasteiger partial charge in [0.05, 0.1) is 13.1 Å². The minimum atomic E-state index is 0.710. The smallest absolute Gasteiger partial charge is 0.164 e. The molecule has 0 aliphatic carbocycles. The highest BCUT2D eigenvalue weighted by molar-refractivity contribution is 5.14. The van der Waals surface area contributed by atoms with Crippen molar-refractivity contribution in [2.24, 2.45) is 0 Å². The molecule has 0 fully saturated rings. The molecule has 0 radical (unpaired) electrons. The Morgan fingerprint density at radius 1 is 1.27 bits per heavy atom. The molecule has 0 saturated heterocycles. The summed E-state index contributed by atoms with van der Waals surface area (Å²) >= 11 is 0. The summed E-state index contributed by atoms with van der Waals surface area (Å²) < 4.78 is 1.85. The van der Waals surface area contributed by atoms with Gasteiger partial charge in [-0.1, -0.05) is 30.3 Å². The van der Waals surface area contributed by atoms with E-state index in [0.717, 1.165) is 12.4 Å². The van der Waals surface area contributed by atoms with Crippen LogP contribution in [-0.4, -0.2) is 21.8 Å². The van der Waals surface area contributed by atoms with Crippen LogP contribution < -0.4 is 5.32 Å². The fraction of sp³-hybridized carbons (Fsp3) is 0.273. The van der Waals surface area contributed by atoms with Crippen molar-refractivity contribution in [3.05, 3.63) is 48.0 Å². The second-order valence-corrected chi connectivity index (χ2v) is 3.37. The lowest BCUT2D eigenvalue weighted by atomic mass is 10.2. The van der Waals surface area contributed by atoms with Crippen molar-refractivity contribution >= 4 is 0 Å². The zero-order valence-electron chi connectivity index (χ0n) is 8.72. The van der Waals surface area contributed by atoms with Gasteiger partial charge in [0.1, 0.15) is 6.33 Å². The largest absolute Gasteiger partial charge is 0.313 e. The quantitative estimate of drug-likeness (QED) is 0.805. The summed E-state index contributed by atoms with van der Waals surface area (Å²) in [6.07, 6.45) is 1.76. The van der Waals surface area contributed by atoms with Crippen LogP contribution in [0, 0.1) is 0 Å². The zero-order chi connectivity index (χ0) is 10.5. The van der Waals surface area contributed by atoms with Gasteiger partial charge in [0.15, 0.2) is 5.82 Å². The van der Waals surface area contributed by atoms with Crippen LogP contribution in [0.3, 0.4) is 0 Å². The van der Waals surface area contributed by atoms with Crippen molar-refractivity contribution in [2.75, 3.05) is 7.05 Å². The molecule has 0 atom stereocenters. The van der Waals surface area contributed by atoms with E-state index in [2.05, 4.69) is 27.5 Å². The van der Waals surface area contributed by atoms with Crippen molar-refractivity contribution in [3.63, 3.8) is 0 Å². The normalized spacial score (nSPS) is 10.5. The monoisotopic (exact) mass is 202 g/mol. The molecule has 78 valence electrons. The maximum atomic E-state index is 4.34. The molecule has 1 aromatic carbocycles. The van der Waals surface area contributed by atoms with Crippen molar-refractivity contribution < 1.29 is 0 Å². The highest BCUT2D eigenvalue weighted by atomic mass is 15.3. The third-order valence-corrected chi connectivity index (χ3v) is 2.11. The summed E-state index contributed by atoms with van der Waals surface area (Å²) in [4.78, 5) is 4.19. The zero-order valence-corrected chi connectivity index (χ0v) is 8.72. The van der Waals surface area contributed by atoms with E-state index in [1.54, 1.807) is 6.33 Å². The van der Waals surface area contributed by atoms with Gasteiger partial charge in [-0.3, -0.25) is 0 Å². The van der Waals surface area contributed by atoms with E-state index in [-0.39, 0.29) is 0 Å². The van der Waals surface area contributed by atoms with Crippen LogP contribution in [0.4, 0.5) is 0 Å². The average Bonchev–Trinajstić information content (AvgIpc) is 2.68. The molecule has 4 nitrogen and oxygen atoms in total. The van der Waals surface area contributed by atoms with Crippen molar-refractivity contribution in [1.29, 1.82) is 0 Å². The van der Waals surface area contributed by atoms with Gasteiger partial charge in [0.25, 0.3) is 0 Å². The minimum absolute atomic E-state index is 0.710. The van der Waals surface area contributed by atoms with Gasteiger partial charge in [-0.2, -0.15) is 5.10 Å². The molecule has 0 unspecified atom stereocenters. The molecule has 2 aromatic rings. The molecule has 0 aliphatic rings. The first kappa shape index (κ1) is 9.86. The van der Waals surface area contributed by atoms with Gasteiger partial charge in [0, 0.05) is 0 Å². The van der Waals surface area contributed by atoms with Crippen LogP contribution in [0.15, 0.2) is 36.7 Å². The summed E-state index contributed by atoms with van der Waals surface area (Å²) in [6, 6.07) is 10.2. The Morgan fingerprint density at radius 2 is 2.07 bits per heavy atom. The fourth-order valence-corrected chi connectivity index (χ4v) is 1.42. The third-order valence-electron chi connectivity index (χ3n) is 2.11. The lowest BCUT2D eigenvalue weighted by molar-refractivity contribution is 0.658. The number of rotatable bonds is 4. The summed E-state index contributed by atoms with van der Waals surface area (Å²) in [7, 11) is 1.89. The molecule has 0 saturated carbocycles. The second-order valence-electron chi connectivity index (χ2n) is 3.37. The first-order valence-corrected chi connectivity index (χ1v) is 4.95. The molecule has 2 rings (SSSR count). The highest BCUT2D eigenvalue weighted by Crippen LogP contribution is 2.01. The van der Waals surface area contributed by atoms with E-state index in [1.807, 2.05) is 29.9 Å². The molecular weight excluding hydrogens is 188 g/mol. The second kappa shape index (κ2) is 4.70. The van der Waals surface area contributed by atoms with Gasteiger partial charge in [-0.15, -0.1) is 0 Å². The van der Waals surface area contributed by atoms with Gasteiger partial charge >= 0.3 is 0 Å². The molecule has 0 bridgehead atoms. The SMILES string of the molecule is CNCc1ncn(Cc2ccccc2)n1. The van der Waals surface area contributed by atoms with E-state index in [1.165, 1.54) is 5.56 Å². The standard InChI is InChI=1S/C11H14N4/c1-12-7-11-13-9-15(14-11)8-10-5-3-2-4-6-10/h2-6,9,12H,7-8H2,1H3. The van der Waals surface area contributed by atoms with Crippen LogP contribution in [0.1, 0.15) is 11.4 Å². The van der Waals surface area contributed by atoms with E-state index < -0.39 is 0 Å². The summed E-state index contributed by atoms with van der Waals surface area (Å²) in [5, 5.41) is 7.36. The number of aromatic nitrogens is 3. The minimum Gasteiger partial charge on any atom is -0.313 e. The first-order chi connectivity index (χ1) is 7.38. The van der Waals surface area contributed by atoms with Crippen LogP contribution in [-0.2, 0) is 13.1 Å². The Balaban J connectivity index is 2.05.